The average Bonchev–Trinajstić information content (AvgIpc) is 2.49. The Kier molecular flexibility index (Phi) is 5.13. The van der Waals surface area contributed by atoms with Gasteiger partial charge in [0.25, 0.3) is 0 Å². The van der Waals surface area contributed by atoms with Crippen molar-refractivity contribution < 1.29 is 14.3 Å². The minimum Gasteiger partial charge on any atom is -0.480 e. The van der Waals surface area contributed by atoms with Crippen LogP contribution in [0.25, 0.3) is 0 Å². The third-order valence-corrected chi connectivity index (χ3v) is 3.49. The van der Waals surface area contributed by atoms with Gasteiger partial charge in [-0.05, 0) is 22.9 Å². The van der Waals surface area contributed by atoms with Crippen molar-refractivity contribution in [1.29, 1.82) is 0 Å². The SMILES string of the molecule is COc1nc(NC(C)C(=O)N2CCOCC2)ncc1Br. The van der Waals surface area contributed by atoms with E-state index in [2.05, 4.69) is 31.2 Å². The first-order valence-corrected chi connectivity index (χ1v) is 7.10. The van der Waals surface area contributed by atoms with Crippen molar-refractivity contribution in [2.45, 2.75) is 13.0 Å². The molecule has 0 saturated carbocycles. The quantitative estimate of drug-likeness (QED) is 0.874. The Morgan fingerprint density at radius 1 is 1.55 bits per heavy atom. The highest BCUT2D eigenvalue weighted by molar-refractivity contribution is 9.10. The number of anilines is 1. The van der Waals surface area contributed by atoms with Gasteiger partial charge in [-0.2, -0.15) is 4.98 Å². The number of nitrogens with zero attached hydrogens (tertiary/aromatic N) is 3. The number of amides is 1. The molecule has 7 nitrogen and oxygen atoms in total. The van der Waals surface area contributed by atoms with E-state index in [-0.39, 0.29) is 5.91 Å². The maximum absolute atomic E-state index is 12.2. The van der Waals surface area contributed by atoms with E-state index < -0.39 is 6.04 Å². The number of halogens is 1. The zero-order chi connectivity index (χ0) is 14.5. The van der Waals surface area contributed by atoms with Gasteiger partial charge in [-0.15, -0.1) is 0 Å². The molecular weight excluding hydrogens is 328 g/mol. The molecule has 1 aliphatic heterocycles. The fourth-order valence-electron chi connectivity index (χ4n) is 1.88. The van der Waals surface area contributed by atoms with E-state index in [0.29, 0.717) is 42.6 Å². The second-order valence-electron chi connectivity index (χ2n) is 4.35. The summed E-state index contributed by atoms with van der Waals surface area (Å²) >= 11 is 3.28. The predicted octanol–water partition coefficient (Wildman–Crippen LogP) is 0.907. The summed E-state index contributed by atoms with van der Waals surface area (Å²) in [6.45, 7) is 4.20. The van der Waals surface area contributed by atoms with Crippen molar-refractivity contribution >= 4 is 27.8 Å². The van der Waals surface area contributed by atoms with Crippen LogP contribution >= 0.6 is 15.9 Å². The molecule has 8 heteroatoms. The number of rotatable bonds is 4. The van der Waals surface area contributed by atoms with Crippen LogP contribution in [0.2, 0.25) is 0 Å². The van der Waals surface area contributed by atoms with Crippen LogP contribution in [0.3, 0.4) is 0 Å². The smallest absolute Gasteiger partial charge is 0.245 e. The van der Waals surface area contributed by atoms with Crippen LogP contribution in [0.1, 0.15) is 6.92 Å². The van der Waals surface area contributed by atoms with Gasteiger partial charge in [0.2, 0.25) is 17.7 Å². The van der Waals surface area contributed by atoms with E-state index in [1.165, 1.54) is 7.11 Å². The largest absolute Gasteiger partial charge is 0.480 e. The summed E-state index contributed by atoms with van der Waals surface area (Å²) in [6, 6.07) is -0.404. The summed E-state index contributed by atoms with van der Waals surface area (Å²) in [5, 5.41) is 2.99. The molecule has 2 heterocycles. The van der Waals surface area contributed by atoms with Gasteiger partial charge in [0, 0.05) is 13.1 Å². The van der Waals surface area contributed by atoms with Crippen LogP contribution in [-0.2, 0) is 9.53 Å². The van der Waals surface area contributed by atoms with E-state index in [0.717, 1.165) is 0 Å². The van der Waals surface area contributed by atoms with Gasteiger partial charge in [0.1, 0.15) is 6.04 Å². The third kappa shape index (κ3) is 3.57. The average molecular weight is 345 g/mol. The monoisotopic (exact) mass is 344 g/mol. The number of hydrogen-bond acceptors (Lipinski definition) is 6. The van der Waals surface area contributed by atoms with Gasteiger partial charge in [-0.25, -0.2) is 4.98 Å². The number of carbonyl (C=O) groups is 1. The van der Waals surface area contributed by atoms with Crippen LogP contribution < -0.4 is 10.1 Å². The van der Waals surface area contributed by atoms with Crippen molar-refractivity contribution in [2.24, 2.45) is 0 Å². The molecule has 1 aromatic rings. The molecule has 1 unspecified atom stereocenters. The first-order chi connectivity index (χ1) is 9.61. The van der Waals surface area contributed by atoms with Crippen molar-refractivity contribution in [1.82, 2.24) is 14.9 Å². The van der Waals surface area contributed by atoms with Gasteiger partial charge in [0.15, 0.2) is 0 Å². The summed E-state index contributed by atoms with van der Waals surface area (Å²) in [4.78, 5) is 22.3. The maximum Gasteiger partial charge on any atom is 0.245 e. The van der Waals surface area contributed by atoms with Crippen molar-refractivity contribution in [2.75, 3.05) is 38.7 Å². The van der Waals surface area contributed by atoms with Crippen molar-refractivity contribution in [3.63, 3.8) is 0 Å². The molecule has 1 fully saturated rings. The van der Waals surface area contributed by atoms with Crippen molar-refractivity contribution in [3.05, 3.63) is 10.7 Å². The van der Waals surface area contributed by atoms with Gasteiger partial charge in [0.05, 0.1) is 31.0 Å². The standard InChI is InChI=1S/C12H17BrN4O3/c1-8(11(18)17-3-5-20-6-4-17)15-12-14-7-9(13)10(16-12)19-2/h7-8H,3-6H2,1-2H3,(H,14,15,16). The third-order valence-electron chi connectivity index (χ3n) is 2.94. The lowest BCUT2D eigenvalue weighted by molar-refractivity contribution is -0.135. The molecule has 0 radical (unpaired) electrons. The molecule has 0 aliphatic carbocycles. The number of aromatic nitrogens is 2. The lowest BCUT2D eigenvalue weighted by Gasteiger charge is -2.29. The number of nitrogens with one attached hydrogen (secondary N) is 1. The molecule has 1 amide bonds. The van der Waals surface area contributed by atoms with Gasteiger partial charge < -0.3 is 19.7 Å². The normalized spacial score (nSPS) is 16.6. The minimum absolute atomic E-state index is 0.0128. The lowest BCUT2D eigenvalue weighted by atomic mass is 10.2. The van der Waals surface area contributed by atoms with Gasteiger partial charge in [-0.3, -0.25) is 4.79 Å². The zero-order valence-corrected chi connectivity index (χ0v) is 13.0. The van der Waals surface area contributed by atoms with Gasteiger partial charge in [-0.1, -0.05) is 0 Å². The van der Waals surface area contributed by atoms with Crippen molar-refractivity contribution in [3.8, 4) is 5.88 Å². The molecule has 2 rings (SSSR count). The predicted molar refractivity (Wildman–Crippen MR) is 76.8 cm³/mol. The van der Waals surface area contributed by atoms with Crippen LogP contribution in [-0.4, -0.2) is 60.2 Å². The van der Waals surface area contributed by atoms with E-state index >= 15 is 0 Å². The van der Waals surface area contributed by atoms with E-state index in [9.17, 15) is 4.79 Å². The summed E-state index contributed by atoms with van der Waals surface area (Å²) < 4.78 is 11.0. The summed E-state index contributed by atoms with van der Waals surface area (Å²) in [5.74, 6) is 0.798. The molecule has 1 N–H and O–H groups in total. The highest BCUT2D eigenvalue weighted by atomic mass is 79.9. The molecule has 1 atom stereocenters. The molecule has 1 saturated heterocycles. The van der Waals surface area contributed by atoms with Crippen LogP contribution in [0.5, 0.6) is 5.88 Å². The van der Waals surface area contributed by atoms with Crippen LogP contribution in [0.15, 0.2) is 10.7 Å². The summed E-state index contributed by atoms with van der Waals surface area (Å²) in [7, 11) is 1.53. The zero-order valence-electron chi connectivity index (χ0n) is 11.4. The Labute approximate surface area is 125 Å². The van der Waals surface area contributed by atoms with E-state index in [1.807, 2.05) is 0 Å². The fraction of sp³-hybridized carbons (Fsp3) is 0.583. The molecular formula is C12H17BrN4O3. The second-order valence-corrected chi connectivity index (χ2v) is 5.21. The molecule has 110 valence electrons. The molecule has 0 aromatic carbocycles. The Morgan fingerprint density at radius 3 is 2.90 bits per heavy atom. The second kappa shape index (κ2) is 6.85. The Morgan fingerprint density at radius 2 is 2.25 bits per heavy atom. The molecule has 0 spiro atoms. The number of ether oxygens (including phenoxy) is 2. The lowest BCUT2D eigenvalue weighted by Crippen LogP contribution is -2.47. The molecule has 1 aromatic heterocycles. The molecule has 1 aliphatic rings. The molecule has 20 heavy (non-hydrogen) atoms. The summed E-state index contributed by atoms with van der Waals surface area (Å²) in [6.07, 6.45) is 1.58. The summed E-state index contributed by atoms with van der Waals surface area (Å²) in [5.41, 5.74) is 0. The number of hydrogen-bond donors (Lipinski definition) is 1. The minimum atomic E-state index is -0.404. The topological polar surface area (TPSA) is 76.6 Å². The van der Waals surface area contributed by atoms with E-state index in [4.69, 9.17) is 9.47 Å². The Hall–Kier alpha value is -1.41. The number of carbonyl (C=O) groups excluding carboxylic acids is 1. The molecule has 0 bridgehead atoms. The Bertz CT molecular complexity index is 480. The number of morpholine rings is 1. The highest BCUT2D eigenvalue weighted by Crippen LogP contribution is 2.22. The maximum atomic E-state index is 12.2. The van der Waals surface area contributed by atoms with Gasteiger partial charge >= 0.3 is 0 Å². The first-order valence-electron chi connectivity index (χ1n) is 6.31. The number of methoxy groups -OCH3 is 1. The van der Waals surface area contributed by atoms with E-state index in [1.54, 1.807) is 18.0 Å². The van der Waals surface area contributed by atoms with Crippen LogP contribution in [0.4, 0.5) is 5.95 Å². The highest BCUT2D eigenvalue weighted by Gasteiger charge is 2.23. The first kappa shape index (κ1) is 15.0. The Balaban J connectivity index is 1.99. The van der Waals surface area contributed by atoms with Crippen LogP contribution in [0, 0.1) is 0 Å². The fourth-order valence-corrected chi connectivity index (χ4v) is 2.23.